The first-order valence-corrected chi connectivity index (χ1v) is 7.29. The van der Waals surface area contributed by atoms with E-state index in [0.717, 1.165) is 4.90 Å². The Kier molecular flexibility index (Phi) is 5.23. The average Bonchev–Trinajstić information content (AvgIpc) is 2.46. The Morgan fingerprint density at radius 3 is 2.70 bits per heavy atom. The van der Waals surface area contributed by atoms with Crippen LogP contribution in [-0.2, 0) is 16.0 Å². The van der Waals surface area contributed by atoms with E-state index in [-0.39, 0.29) is 31.7 Å². The Morgan fingerprint density at radius 2 is 2.13 bits per heavy atom. The highest BCUT2D eigenvalue weighted by Crippen LogP contribution is 2.32. The van der Waals surface area contributed by atoms with Crippen LogP contribution in [0.4, 0.5) is 13.2 Å². The van der Waals surface area contributed by atoms with Crippen molar-refractivity contribution in [3.8, 4) is 0 Å². The summed E-state index contributed by atoms with van der Waals surface area (Å²) < 4.78 is 39.6. The first-order valence-electron chi connectivity index (χ1n) is 7.29. The van der Waals surface area contributed by atoms with E-state index < -0.39 is 24.2 Å². The number of carbonyl (C=O) groups is 2. The van der Waals surface area contributed by atoms with E-state index in [4.69, 9.17) is 0 Å². The van der Waals surface area contributed by atoms with Crippen molar-refractivity contribution in [1.82, 2.24) is 15.2 Å². The van der Waals surface area contributed by atoms with Gasteiger partial charge in [-0.15, -0.1) is 0 Å². The number of carbonyl (C=O) groups excluding carboxylic acids is 2. The lowest BCUT2D eigenvalue weighted by Gasteiger charge is -2.40. The molecule has 1 saturated heterocycles. The number of pyridine rings is 1. The van der Waals surface area contributed by atoms with Crippen LogP contribution in [0.5, 0.6) is 0 Å². The van der Waals surface area contributed by atoms with Crippen molar-refractivity contribution in [3.05, 3.63) is 30.1 Å². The van der Waals surface area contributed by atoms with Crippen LogP contribution in [-0.4, -0.2) is 46.5 Å². The normalized spacial score (nSPS) is 21.8. The van der Waals surface area contributed by atoms with Gasteiger partial charge in [-0.05, 0) is 24.5 Å². The van der Waals surface area contributed by atoms with Crippen LogP contribution in [0.1, 0.15) is 25.3 Å². The second kappa shape index (κ2) is 6.97. The van der Waals surface area contributed by atoms with Gasteiger partial charge in [0.25, 0.3) is 0 Å². The fraction of sp³-hybridized carbons (Fsp3) is 0.533. The van der Waals surface area contributed by atoms with Gasteiger partial charge in [-0.25, -0.2) is 0 Å². The zero-order chi connectivity index (χ0) is 17.0. The number of aromatic nitrogens is 1. The number of nitrogens with one attached hydrogen (secondary N) is 1. The van der Waals surface area contributed by atoms with Gasteiger partial charge in [0, 0.05) is 31.9 Å². The summed E-state index contributed by atoms with van der Waals surface area (Å²) in [4.78, 5) is 28.1. The van der Waals surface area contributed by atoms with Gasteiger partial charge in [-0.3, -0.25) is 14.6 Å². The topological polar surface area (TPSA) is 62.3 Å². The number of nitrogens with zero attached hydrogens (tertiary/aromatic N) is 2. The van der Waals surface area contributed by atoms with E-state index in [1.165, 1.54) is 19.3 Å². The molecule has 2 atom stereocenters. The lowest BCUT2D eigenvalue weighted by Crippen LogP contribution is -2.58. The number of alkyl halides is 3. The van der Waals surface area contributed by atoms with Crippen LogP contribution < -0.4 is 5.32 Å². The third-order valence-corrected chi connectivity index (χ3v) is 3.77. The number of hydrogen-bond acceptors (Lipinski definition) is 3. The molecule has 1 aromatic rings. The van der Waals surface area contributed by atoms with Gasteiger partial charge in [-0.2, -0.15) is 13.2 Å². The van der Waals surface area contributed by atoms with Gasteiger partial charge < -0.3 is 10.2 Å². The molecule has 2 rings (SSSR count). The van der Waals surface area contributed by atoms with E-state index in [1.807, 2.05) is 0 Å². The van der Waals surface area contributed by atoms with E-state index in [1.54, 1.807) is 12.1 Å². The lowest BCUT2D eigenvalue weighted by atomic mass is 9.96. The molecular weight excluding hydrogens is 311 g/mol. The summed E-state index contributed by atoms with van der Waals surface area (Å²) in [6.45, 7) is 1.17. The second-order valence-corrected chi connectivity index (χ2v) is 5.62. The molecule has 0 radical (unpaired) electrons. The lowest BCUT2D eigenvalue weighted by molar-refractivity contribution is -0.197. The third-order valence-electron chi connectivity index (χ3n) is 3.77. The van der Waals surface area contributed by atoms with Gasteiger partial charge in [0.1, 0.15) is 6.04 Å². The fourth-order valence-corrected chi connectivity index (χ4v) is 2.77. The molecule has 1 aromatic heterocycles. The van der Waals surface area contributed by atoms with Gasteiger partial charge in [0.05, 0.1) is 6.42 Å². The van der Waals surface area contributed by atoms with Crippen LogP contribution in [0.15, 0.2) is 24.5 Å². The van der Waals surface area contributed by atoms with E-state index in [0.29, 0.717) is 5.56 Å². The molecule has 5 nitrogen and oxygen atoms in total. The summed E-state index contributed by atoms with van der Waals surface area (Å²) in [6, 6.07) is 1.00. The van der Waals surface area contributed by atoms with Crippen molar-refractivity contribution < 1.29 is 22.8 Å². The minimum absolute atomic E-state index is 0.136. The largest absolute Gasteiger partial charge is 0.408 e. The minimum Gasteiger partial charge on any atom is -0.352 e. The minimum atomic E-state index is -4.48. The Morgan fingerprint density at radius 1 is 1.39 bits per heavy atom. The Bertz CT molecular complexity index is 563. The Hall–Kier alpha value is -2.12. The number of likely N-dealkylation sites (tertiary alicyclic amines) is 1. The number of rotatable bonds is 3. The molecule has 23 heavy (non-hydrogen) atoms. The van der Waals surface area contributed by atoms with E-state index >= 15 is 0 Å². The Balaban J connectivity index is 2.13. The van der Waals surface area contributed by atoms with E-state index in [2.05, 4.69) is 10.3 Å². The molecule has 2 heterocycles. The molecule has 1 fully saturated rings. The van der Waals surface area contributed by atoms with E-state index in [9.17, 15) is 22.8 Å². The molecule has 0 unspecified atom stereocenters. The maximum Gasteiger partial charge on any atom is 0.408 e. The van der Waals surface area contributed by atoms with Crippen molar-refractivity contribution in [3.63, 3.8) is 0 Å². The highest BCUT2D eigenvalue weighted by Gasteiger charge is 2.47. The highest BCUT2D eigenvalue weighted by atomic mass is 19.4. The maximum absolute atomic E-state index is 13.2. The summed E-state index contributed by atoms with van der Waals surface area (Å²) in [6.07, 6.45) is -1.66. The zero-order valence-electron chi connectivity index (χ0n) is 12.6. The molecule has 8 heteroatoms. The molecule has 126 valence electrons. The standard InChI is InChI=1S/C15H18F3N3O2/c1-10(22)20-12-4-5-13(15(16,17)18)21(9-12)14(23)7-11-3-2-6-19-8-11/h2-3,6,8,12-13H,4-5,7,9H2,1H3,(H,20,22)/t12-,13-/m0/s1. The molecule has 1 N–H and O–H groups in total. The molecule has 0 aromatic carbocycles. The molecule has 1 aliphatic rings. The molecule has 2 amide bonds. The van der Waals surface area contributed by atoms with Crippen molar-refractivity contribution >= 4 is 11.8 Å². The third kappa shape index (κ3) is 4.67. The first kappa shape index (κ1) is 17.2. The van der Waals surface area contributed by atoms with Gasteiger partial charge in [-0.1, -0.05) is 6.07 Å². The molecule has 1 aliphatic heterocycles. The summed E-state index contributed by atoms with van der Waals surface area (Å²) in [7, 11) is 0. The number of piperidine rings is 1. The number of hydrogen-bond donors (Lipinski definition) is 1. The SMILES string of the molecule is CC(=O)N[C@H]1CC[C@@H](C(F)(F)F)N(C(=O)Cc2cccnc2)C1. The maximum atomic E-state index is 13.2. The summed E-state index contributed by atoms with van der Waals surface area (Å²) in [5, 5.41) is 2.59. The quantitative estimate of drug-likeness (QED) is 0.918. The highest BCUT2D eigenvalue weighted by molar-refractivity contribution is 5.79. The number of halogens is 3. The van der Waals surface area contributed by atoms with Crippen molar-refractivity contribution in [2.75, 3.05) is 6.54 Å². The van der Waals surface area contributed by atoms with Crippen LogP contribution in [0.2, 0.25) is 0 Å². The fourth-order valence-electron chi connectivity index (χ4n) is 2.77. The van der Waals surface area contributed by atoms with Crippen LogP contribution in [0.3, 0.4) is 0 Å². The smallest absolute Gasteiger partial charge is 0.352 e. The zero-order valence-corrected chi connectivity index (χ0v) is 12.6. The molecule has 0 spiro atoms. The van der Waals surface area contributed by atoms with Crippen LogP contribution in [0, 0.1) is 0 Å². The monoisotopic (exact) mass is 329 g/mol. The van der Waals surface area contributed by atoms with Crippen molar-refractivity contribution in [2.45, 2.75) is 44.4 Å². The van der Waals surface area contributed by atoms with Gasteiger partial charge in [0.2, 0.25) is 11.8 Å². The molecule has 0 bridgehead atoms. The van der Waals surface area contributed by atoms with Crippen LogP contribution in [0.25, 0.3) is 0 Å². The predicted molar refractivity (Wildman–Crippen MR) is 76.3 cm³/mol. The van der Waals surface area contributed by atoms with Gasteiger partial charge >= 0.3 is 6.18 Å². The van der Waals surface area contributed by atoms with Gasteiger partial charge in [0.15, 0.2) is 0 Å². The molecule has 0 aliphatic carbocycles. The molecule has 0 saturated carbocycles. The second-order valence-electron chi connectivity index (χ2n) is 5.62. The average molecular weight is 329 g/mol. The van der Waals surface area contributed by atoms with Crippen molar-refractivity contribution in [1.29, 1.82) is 0 Å². The Labute approximate surface area is 131 Å². The van der Waals surface area contributed by atoms with Crippen molar-refractivity contribution in [2.24, 2.45) is 0 Å². The van der Waals surface area contributed by atoms with Crippen LogP contribution >= 0.6 is 0 Å². The first-order chi connectivity index (χ1) is 10.8. The molecular formula is C15H18F3N3O2. The predicted octanol–water partition coefficient (Wildman–Crippen LogP) is 1.68. The summed E-state index contributed by atoms with van der Waals surface area (Å²) in [5.74, 6) is -0.935. The number of amides is 2. The summed E-state index contributed by atoms with van der Waals surface area (Å²) >= 11 is 0. The summed E-state index contributed by atoms with van der Waals surface area (Å²) in [5.41, 5.74) is 0.556.